The number of ether oxygens (including phenoxy) is 4. The lowest BCUT2D eigenvalue weighted by Crippen LogP contribution is -2.44. The van der Waals surface area contributed by atoms with E-state index >= 15 is 0 Å². The van der Waals surface area contributed by atoms with E-state index in [1.165, 1.54) is 225 Å². The zero-order valence-corrected chi connectivity index (χ0v) is 60.2. The Bertz CT molecular complexity index is 1820. The van der Waals surface area contributed by atoms with Crippen molar-refractivity contribution in [3.05, 3.63) is 97.2 Å². The Morgan fingerprint density at radius 2 is 0.626 bits per heavy atom. The molecule has 91 heavy (non-hydrogen) atoms. The molecule has 526 valence electrons. The summed E-state index contributed by atoms with van der Waals surface area (Å²) in [4.78, 5) is 37.6. The Morgan fingerprint density at radius 3 is 0.945 bits per heavy atom. The van der Waals surface area contributed by atoms with Crippen molar-refractivity contribution in [2.75, 3.05) is 47.5 Å². The monoisotopic (exact) mass is 1270 g/mol. The first-order chi connectivity index (χ1) is 44.6. The van der Waals surface area contributed by atoms with Gasteiger partial charge in [0.1, 0.15) is 13.2 Å². The highest BCUT2D eigenvalue weighted by Crippen LogP contribution is 2.18. The molecule has 0 spiro atoms. The molecule has 9 heteroatoms. The zero-order valence-electron chi connectivity index (χ0n) is 60.2. The van der Waals surface area contributed by atoms with E-state index in [4.69, 9.17) is 18.9 Å². The summed E-state index contributed by atoms with van der Waals surface area (Å²) in [5, 5.41) is 11.8. The van der Waals surface area contributed by atoms with Gasteiger partial charge in [0, 0.05) is 12.8 Å². The summed E-state index contributed by atoms with van der Waals surface area (Å²) in [6.45, 7) is 4.66. The lowest BCUT2D eigenvalue weighted by Gasteiger charge is -2.26. The van der Waals surface area contributed by atoms with Crippen molar-refractivity contribution in [2.24, 2.45) is 0 Å². The number of carboxylic acid groups (broad SMARTS) is 1. The summed E-state index contributed by atoms with van der Waals surface area (Å²) in [7, 11) is 5.93. The average Bonchev–Trinajstić information content (AvgIpc) is 3.66. The molecule has 0 saturated carbocycles. The van der Waals surface area contributed by atoms with Gasteiger partial charge >= 0.3 is 11.9 Å². The first-order valence-electron chi connectivity index (χ1n) is 38.4. The van der Waals surface area contributed by atoms with E-state index in [0.29, 0.717) is 17.4 Å². The van der Waals surface area contributed by atoms with Crippen molar-refractivity contribution in [3.63, 3.8) is 0 Å². The second-order valence-corrected chi connectivity index (χ2v) is 26.9. The fourth-order valence-electron chi connectivity index (χ4n) is 11.0. The smallest absolute Gasteiger partial charge is 0.306 e. The molecule has 0 bridgehead atoms. The molecular formula is C82H145NO8. The molecule has 9 nitrogen and oxygen atoms in total. The van der Waals surface area contributed by atoms with Gasteiger partial charge < -0.3 is 33.3 Å². The van der Waals surface area contributed by atoms with Crippen LogP contribution in [0.5, 0.6) is 0 Å². The number of nitrogens with zero attached hydrogens (tertiary/aromatic N) is 1. The Kier molecular flexibility index (Phi) is 69.0. The molecule has 0 aromatic heterocycles. The number of rotatable bonds is 71. The number of hydrogen-bond acceptors (Lipinski definition) is 8. The van der Waals surface area contributed by atoms with Gasteiger partial charge in [0.25, 0.3) is 0 Å². The third-order valence-corrected chi connectivity index (χ3v) is 16.8. The van der Waals surface area contributed by atoms with Gasteiger partial charge in [0.2, 0.25) is 0 Å². The van der Waals surface area contributed by atoms with Crippen molar-refractivity contribution in [1.29, 1.82) is 0 Å². The van der Waals surface area contributed by atoms with E-state index in [1.807, 2.05) is 21.1 Å². The number of hydrogen-bond donors (Lipinski definition) is 0. The summed E-state index contributed by atoms with van der Waals surface area (Å²) in [5.41, 5.74) is 0. The predicted molar refractivity (Wildman–Crippen MR) is 389 cm³/mol. The third kappa shape index (κ3) is 73.5. The number of carbonyl (C=O) groups is 3. The summed E-state index contributed by atoms with van der Waals surface area (Å²) in [6.07, 6.45) is 96.6. The summed E-state index contributed by atoms with van der Waals surface area (Å²) >= 11 is 0. The number of unbranched alkanes of at least 4 members (excludes halogenated alkanes) is 40. The van der Waals surface area contributed by atoms with Crippen LogP contribution in [0.25, 0.3) is 0 Å². The fourth-order valence-corrected chi connectivity index (χ4v) is 11.0. The maximum absolute atomic E-state index is 12.9. The van der Waals surface area contributed by atoms with Gasteiger partial charge in [0.15, 0.2) is 12.4 Å². The van der Waals surface area contributed by atoms with Crippen molar-refractivity contribution in [1.82, 2.24) is 0 Å². The molecule has 0 amide bonds. The lowest BCUT2D eigenvalue weighted by atomic mass is 10.0. The number of quaternary nitrogens is 1. The van der Waals surface area contributed by atoms with Crippen molar-refractivity contribution in [2.45, 2.75) is 360 Å². The number of esters is 2. The second kappa shape index (κ2) is 72.0. The largest absolute Gasteiger partial charge is 0.545 e. The lowest BCUT2D eigenvalue weighted by molar-refractivity contribution is -0.870. The van der Waals surface area contributed by atoms with Gasteiger partial charge in [-0.1, -0.05) is 336 Å². The van der Waals surface area contributed by atoms with Gasteiger partial charge in [0.05, 0.1) is 40.3 Å². The van der Waals surface area contributed by atoms with Crippen LogP contribution >= 0.6 is 0 Å². The molecule has 2 atom stereocenters. The van der Waals surface area contributed by atoms with E-state index in [2.05, 4.69) is 111 Å². The first kappa shape index (κ1) is 87.2. The topological polar surface area (TPSA) is 111 Å². The molecule has 2 unspecified atom stereocenters. The number of carboxylic acids is 1. The molecule has 0 aliphatic rings. The Labute approximate surface area is 562 Å². The fraction of sp³-hybridized carbons (Fsp3) is 0.768. The van der Waals surface area contributed by atoms with Crippen LogP contribution in [0.4, 0.5) is 0 Å². The van der Waals surface area contributed by atoms with Crippen molar-refractivity contribution < 1.29 is 42.9 Å². The van der Waals surface area contributed by atoms with Crippen LogP contribution in [0, 0.1) is 0 Å². The number of likely N-dealkylation sites (N-methyl/N-ethyl adjacent to an activating group) is 1. The number of carbonyl (C=O) groups excluding carboxylic acids is 3. The van der Waals surface area contributed by atoms with Crippen molar-refractivity contribution >= 4 is 17.9 Å². The van der Waals surface area contributed by atoms with E-state index in [9.17, 15) is 19.5 Å². The Morgan fingerprint density at radius 1 is 0.341 bits per heavy atom. The van der Waals surface area contributed by atoms with Crippen LogP contribution in [-0.2, 0) is 33.3 Å². The normalized spacial score (nSPS) is 13.2. The minimum absolute atomic E-state index is 0.142. The SMILES string of the molecule is CC/C=C\C/C=C\C/C=C\C/C=C\C/C=C\C/C=C\C/C=C\CCCCCCCCCC(=O)OC(COC(=O)CCCCCCCCCCCCCCCCCCCCCCCCCCC/C=C\CCCCCCCCCC)COC(OCC[N+](C)(C)C)C(=O)[O-]. The molecule has 0 aliphatic heterocycles. The van der Waals surface area contributed by atoms with E-state index < -0.39 is 24.3 Å². The molecule has 0 N–H and O–H groups in total. The molecule has 0 aliphatic carbocycles. The maximum atomic E-state index is 12.9. The number of allylic oxidation sites excluding steroid dienone is 16. The van der Waals surface area contributed by atoms with E-state index in [0.717, 1.165) is 89.9 Å². The highest BCUT2D eigenvalue weighted by Gasteiger charge is 2.22. The summed E-state index contributed by atoms with van der Waals surface area (Å²) in [5.74, 6) is -2.29. The standard InChI is InChI=1S/C82H145NO8/c1-6-8-10-12-14-16-18-20-22-24-26-28-30-32-34-36-37-38-39-40-41-42-43-45-46-48-50-52-54-56-58-60-62-64-66-68-70-72-79(84)89-76-78(77-90-82(81(86)87)88-75-74-83(3,4)5)91-80(85)73-71-69-67-65-63-61-59-57-55-53-51-49-47-44-35-33-31-29-27-25-23-21-19-17-15-13-11-9-7-2/h9,11,15,17,21,23-24,26-27,29,33,35,47,49,53,55,78,82H,6-8,10,12-14,16,18-20,22,25,28,30-32,34,36-46,48,50-52,54,56-77H2,1-5H3/b11-9-,17-15-,23-21-,26-24-,29-27-,35-33-,49-47-,55-53-. The molecule has 0 aromatic rings. The zero-order chi connectivity index (χ0) is 66.1. The van der Waals surface area contributed by atoms with Crippen LogP contribution in [0.2, 0.25) is 0 Å². The summed E-state index contributed by atoms with van der Waals surface area (Å²) in [6, 6.07) is 0. The van der Waals surface area contributed by atoms with Crippen molar-refractivity contribution in [3.8, 4) is 0 Å². The van der Waals surface area contributed by atoms with Crippen LogP contribution in [-0.4, -0.2) is 82.3 Å². The van der Waals surface area contributed by atoms with Gasteiger partial charge in [-0.15, -0.1) is 0 Å². The molecule has 0 saturated heterocycles. The minimum atomic E-state index is -1.63. The minimum Gasteiger partial charge on any atom is -0.545 e. The average molecular weight is 1270 g/mol. The van der Waals surface area contributed by atoms with Crippen LogP contribution in [0.1, 0.15) is 348 Å². The van der Waals surface area contributed by atoms with Gasteiger partial charge in [-0.2, -0.15) is 0 Å². The highest BCUT2D eigenvalue weighted by molar-refractivity contribution is 5.70. The number of aliphatic carboxylic acids is 1. The molecule has 0 radical (unpaired) electrons. The third-order valence-electron chi connectivity index (χ3n) is 16.8. The summed E-state index contributed by atoms with van der Waals surface area (Å²) < 4.78 is 22.8. The quantitative estimate of drug-likeness (QED) is 0.0195. The molecule has 0 aromatic carbocycles. The molecule has 0 rings (SSSR count). The Balaban J connectivity index is 4.05. The van der Waals surface area contributed by atoms with Gasteiger partial charge in [-0.25, -0.2) is 0 Å². The van der Waals surface area contributed by atoms with Gasteiger partial charge in [-0.05, 0) is 96.3 Å². The van der Waals surface area contributed by atoms with Crippen LogP contribution < -0.4 is 5.11 Å². The molecule has 0 fully saturated rings. The predicted octanol–water partition coefficient (Wildman–Crippen LogP) is 23.0. The first-order valence-corrected chi connectivity index (χ1v) is 38.4. The van der Waals surface area contributed by atoms with E-state index in [1.54, 1.807) is 0 Å². The van der Waals surface area contributed by atoms with Gasteiger partial charge in [-0.3, -0.25) is 9.59 Å². The molecular weight excluding hydrogens is 1130 g/mol. The maximum Gasteiger partial charge on any atom is 0.306 e. The molecule has 0 heterocycles. The van der Waals surface area contributed by atoms with Crippen LogP contribution in [0.3, 0.4) is 0 Å². The van der Waals surface area contributed by atoms with Crippen LogP contribution in [0.15, 0.2) is 97.2 Å². The Hall–Kier alpha value is -3.79. The second-order valence-electron chi connectivity index (χ2n) is 26.9. The van der Waals surface area contributed by atoms with E-state index in [-0.39, 0.29) is 38.6 Å². The highest BCUT2D eigenvalue weighted by atomic mass is 16.7.